The van der Waals surface area contributed by atoms with Gasteiger partial charge in [0.05, 0.1) is 15.9 Å². The molecule has 0 aliphatic heterocycles. The summed E-state index contributed by atoms with van der Waals surface area (Å²) >= 11 is 5.31. The number of rotatable bonds is 1. The highest BCUT2D eigenvalue weighted by Crippen LogP contribution is 2.34. The van der Waals surface area contributed by atoms with Gasteiger partial charge in [0.1, 0.15) is 0 Å². The molecule has 20 heavy (non-hydrogen) atoms. The molecule has 0 aliphatic rings. The average Bonchev–Trinajstić information content (AvgIpc) is 2.85. The summed E-state index contributed by atoms with van der Waals surface area (Å²) in [5.74, 6) is 0. The van der Waals surface area contributed by atoms with E-state index in [1.165, 1.54) is 14.8 Å². The van der Waals surface area contributed by atoms with Crippen molar-refractivity contribution in [2.45, 2.75) is 0 Å². The number of aromatic nitrogens is 1. The first-order valence-corrected chi connectivity index (χ1v) is 7.96. The minimum Gasteiger partial charge on any atom is -0.246 e. The topological polar surface area (TPSA) is 12.9 Å². The lowest BCUT2D eigenvalue weighted by Gasteiger charge is -2.02. The molecule has 4 rings (SSSR count). The van der Waals surface area contributed by atoms with Crippen LogP contribution in [0.1, 0.15) is 0 Å². The zero-order valence-electron chi connectivity index (χ0n) is 10.5. The molecule has 3 heteroatoms. The molecule has 0 fully saturated rings. The Kier molecular flexibility index (Phi) is 2.83. The smallest absolute Gasteiger partial charge is 0.0895 e. The third kappa shape index (κ3) is 1.94. The summed E-state index contributed by atoms with van der Waals surface area (Å²) in [5, 5.41) is 1.24. The van der Waals surface area contributed by atoms with Crippen LogP contribution in [0.25, 0.3) is 31.6 Å². The molecule has 96 valence electrons. The Balaban J connectivity index is 2.00. The number of hydrogen-bond acceptors (Lipinski definition) is 2. The van der Waals surface area contributed by atoms with E-state index in [1.54, 1.807) is 11.3 Å². The Morgan fingerprint density at radius 2 is 1.75 bits per heavy atom. The van der Waals surface area contributed by atoms with Crippen LogP contribution in [0.15, 0.2) is 65.1 Å². The van der Waals surface area contributed by atoms with Gasteiger partial charge in [0.25, 0.3) is 0 Å². The van der Waals surface area contributed by atoms with Crippen LogP contribution in [0.4, 0.5) is 0 Å². The lowest BCUT2D eigenvalue weighted by molar-refractivity contribution is 1.41. The van der Waals surface area contributed by atoms with Gasteiger partial charge in [-0.1, -0.05) is 46.3 Å². The molecule has 0 unspecified atom stereocenters. The molecular weight excluding hydrogens is 330 g/mol. The van der Waals surface area contributed by atoms with E-state index in [9.17, 15) is 0 Å². The van der Waals surface area contributed by atoms with E-state index in [0.717, 1.165) is 21.2 Å². The fourth-order valence-electron chi connectivity index (χ4n) is 2.40. The number of halogens is 1. The summed E-state index contributed by atoms with van der Waals surface area (Å²) in [5.41, 5.74) is 3.25. The molecule has 0 amide bonds. The molecule has 2 heterocycles. The first-order chi connectivity index (χ1) is 9.81. The molecule has 0 atom stereocenters. The summed E-state index contributed by atoms with van der Waals surface area (Å²) in [6.07, 6.45) is 0. The molecule has 0 bridgehead atoms. The molecule has 0 N–H and O–H groups in total. The molecule has 0 saturated heterocycles. The molecule has 1 nitrogen and oxygen atoms in total. The maximum absolute atomic E-state index is 4.86. The molecular formula is C17H10BrNS. The number of nitrogens with zero attached hydrogens (tertiary/aromatic N) is 1. The standard InChI is InChI=1S/C17H10BrNS/c18-12-5-3-4-11(10-12)14-8-9-16-17(19-14)13-6-1-2-7-15(13)20-16/h1-10H. The van der Waals surface area contributed by atoms with E-state index in [-0.39, 0.29) is 0 Å². The van der Waals surface area contributed by atoms with Crippen LogP contribution in [0.3, 0.4) is 0 Å². The van der Waals surface area contributed by atoms with Crippen LogP contribution in [-0.2, 0) is 0 Å². The summed E-state index contributed by atoms with van der Waals surface area (Å²) in [6, 6.07) is 21.0. The van der Waals surface area contributed by atoms with E-state index in [1.807, 2.05) is 12.1 Å². The largest absolute Gasteiger partial charge is 0.246 e. The molecule has 4 aromatic rings. The lowest BCUT2D eigenvalue weighted by Crippen LogP contribution is -1.83. The van der Waals surface area contributed by atoms with Crippen molar-refractivity contribution in [3.8, 4) is 11.3 Å². The van der Waals surface area contributed by atoms with Gasteiger partial charge in [-0.05, 0) is 30.3 Å². The highest BCUT2D eigenvalue weighted by molar-refractivity contribution is 9.10. The van der Waals surface area contributed by atoms with Crippen molar-refractivity contribution in [2.24, 2.45) is 0 Å². The fraction of sp³-hybridized carbons (Fsp3) is 0. The van der Waals surface area contributed by atoms with E-state index >= 15 is 0 Å². The van der Waals surface area contributed by atoms with Crippen molar-refractivity contribution in [3.05, 3.63) is 65.1 Å². The number of thiophene rings is 1. The van der Waals surface area contributed by atoms with Crippen LogP contribution >= 0.6 is 27.3 Å². The van der Waals surface area contributed by atoms with Crippen molar-refractivity contribution in [1.29, 1.82) is 0 Å². The molecule has 0 aliphatic carbocycles. The van der Waals surface area contributed by atoms with Crippen molar-refractivity contribution >= 4 is 47.6 Å². The second kappa shape index (κ2) is 4.69. The summed E-state index contributed by atoms with van der Waals surface area (Å²) in [6.45, 7) is 0. The summed E-state index contributed by atoms with van der Waals surface area (Å²) in [4.78, 5) is 4.86. The minimum atomic E-state index is 1.02. The van der Waals surface area contributed by atoms with Gasteiger partial charge in [-0.25, -0.2) is 4.98 Å². The average molecular weight is 340 g/mol. The van der Waals surface area contributed by atoms with E-state index in [0.29, 0.717) is 0 Å². The Morgan fingerprint density at radius 3 is 2.65 bits per heavy atom. The fourth-order valence-corrected chi connectivity index (χ4v) is 3.85. The minimum absolute atomic E-state index is 1.02. The predicted molar refractivity (Wildman–Crippen MR) is 90.3 cm³/mol. The van der Waals surface area contributed by atoms with Gasteiger partial charge in [-0.15, -0.1) is 11.3 Å². The second-order valence-electron chi connectivity index (χ2n) is 4.65. The van der Waals surface area contributed by atoms with Crippen molar-refractivity contribution < 1.29 is 0 Å². The van der Waals surface area contributed by atoms with E-state index < -0.39 is 0 Å². The number of pyridine rings is 1. The number of fused-ring (bicyclic) bond motifs is 3. The normalized spacial score (nSPS) is 11.2. The third-order valence-corrected chi connectivity index (χ3v) is 4.96. The summed E-state index contributed by atoms with van der Waals surface area (Å²) in [7, 11) is 0. The second-order valence-corrected chi connectivity index (χ2v) is 6.65. The van der Waals surface area contributed by atoms with Crippen LogP contribution in [0, 0.1) is 0 Å². The van der Waals surface area contributed by atoms with Gasteiger partial charge >= 0.3 is 0 Å². The van der Waals surface area contributed by atoms with Crippen molar-refractivity contribution in [3.63, 3.8) is 0 Å². The maximum atomic E-state index is 4.86. The van der Waals surface area contributed by atoms with Crippen molar-refractivity contribution in [1.82, 2.24) is 4.98 Å². The van der Waals surface area contributed by atoms with Crippen LogP contribution in [0.2, 0.25) is 0 Å². The Morgan fingerprint density at radius 1 is 0.850 bits per heavy atom. The first kappa shape index (κ1) is 12.1. The highest BCUT2D eigenvalue weighted by atomic mass is 79.9. The lowest BCUT2D eigenvalue weighted by atomic mass is 10.1. The van der Waals surface area contributed by atoms with Crippen LogP contribution in [-0.4, -0.2) is 4.98 Å². The molecule has 2 aromatic carbocycles. The first-order valence-electron chi connectivity index (χ1n) is 6.35. The van der Waals surface area contributed by atoms with E-state index in [2.05, 4.69) is 64.5 Å². The van der Waals surface area contributed by atoms with Gasteiger partial charge in [0.15, 0.2) is 0 Å². The predicted octanol–water partition coefficient (Wildman–Crippen LogP) is 5.88. The zero-order valence-corrected chi connectivity index (χ0v) is 12.9. The Bertz CT molecular complexity index is 926. The quantitative estimate of drug-likeness (QED) is 0.422. The van der Waals surface area contributed by atoms with Gasteiger partial charge in [0, 0.05) is 20.1 Å². The van der Waals surface area contributed by atoms with Gasteiger partial charge in [0.2, 0.25) is 0 Å². The zero-order chi connectivity index (χ0) is 13.5. The Hall–Kier alpha value is -1.71. The molecule has 0 radical (unpaired) electrons. The summed E-state index contributed by atoms with van der Waals surface area (Å²) < 4.78 is 3.61. The van der Waals surface area contributed by atoms with E-state index in [4.69, 9.17) is 4.98 Å². The maximum Gasteiger partial charge on any atom is 0.0895 e. The third-order valence-electron chi connectivity index (χ3n) is 3.34. The number of benzene rings is 2. The van der Waals surface area contributed by atoms with Crippen LogP contribution < -0.4 is 0 Å². The van der Waals surface area contributed by atoms with Gasteiger partial charge < -0.3 is 0 Å². The highest BCUT2D eigenvalue weighted by Gasteiger charge is 2.07. The van der Waals surface area contributed by atoms with Gasteiger partial charge in [-0.2, -0.15) is 0 Å². The molecule has 2 aromatic heterocycles. The monoisotopic (exact) mass is 339 g/mol. The number of hydrogen-bond donors (Lipinski definition) is 0. The Labute approximate surface area is 129 Å². The van der Waals surface area contributed by atoms with Crippen LogP contribution in [0.5, 0.6) is 0 Å². The molecule has 0 spiro atoms. The molecule has 0 saturated carbocycles. The van der Waals surface area contributed by atoms with Gasteiger partial charge in [-0.3, -0.25) is 0 Å². The SMILES string of the molecule is Brc1cccc(-c2ccc3sc4ccccc4c3n2)c1. The van der Waals surface area contributed by atoms with Crippen molar-refractivity contribution in [2.75, 3.05) is 0 Å².